The Labute approximate surface area is 98.7 Å². The third-order valence-electron chi connectivity index (χ3n) is 2.31. The largest absolute Gasteiger partial charge is 0.463 e. The van der Waals surface area contributed by atoms with Gasteiger partial charge in [-0.25, -0.2) is 4.79 Å². The summed E-state index contributed by atoms with van der Waals surface area (Å²) >= 11 is 0. The van der Waals surface area contributed by atoms with Crippen LogP contribution in [-0.4, -0.2) is 35.6 Å². The fourth-order valence-corrected chi connectivity index (χ4v) is 0.832. The summed E-state index contributed by atoms with van der Waals surface area (Å²) in [5, 5.41) is 8.61. The maximum absolute atomic E-state index is 12.2. The van der Waals surface area contributed by atoms with Crippen LogP contribution in [-0.2, 0) is 9.53 Å². The van der Waals surface area contributed by atoms with Crippen LogP contribution in [0.2, 0.25) is 0 Å². The number of alkyl halides is 6. The zero-order chi connectivity index (χ0) is 14.8. The molecule has 0 fully saturated rings. The van der Waals surface area contributed by atoms with Gasteiger partial charge in [-0.1, -0.05) is 20.3 Å². The van der Waals surface area contributed by atoms with Crippen molar-refractivity contribution in [2.45, 2.75) is 38.2 Å². The van der Waals surface area contributed by atoms with Crippen molar-refractivity contribution < 1.29 is 41.0 Å². The van der Waals surface area contributed by atoms with Gasteiger partial charge in [0.15, 0.2) is 0 Å². The summed E-state index contributed by atoms with van der Waals surface area (Å²) in [4.78, 5) is 10.9. The second-order valence-electron chi connectivity index (χ2n) is 3.82. The highest BCUT2D eigenvalue weighted by molar-refractivity contribution is 5.81. The van der Waals surface area contributed by atoms with Gasteiger partial charge in [0, 0.05) is 0 Å². The van der Waals surface area contributed by atoms with Crippen LogP contribution < -0.4 is 0 Å². The van der Waals surface area contributed by atoms with Gasteiger partial charge in [0.2, 0.25) is 0 Å². The van der Waals surface area contributed by atoms with Crippen molar-refractivity contribution in [3.8, 4) is 0 Å². The lowest BCUT2D eigenvalue weighted by Crippen LogP contribution is -2.63. The number of carbonyl (C=O) groups is 1. The molecule has 0 saturated heterocycles. The van der Waals surface area contributed by atoms with E-state index in [0.29, 0.717) is 6.42 Å². The first-order valence-electron chi connectivity index (χ1n) is 4.91. The monoisotopic (exact) mass is 282 g/mol. The quantitative estimate of drug-likeness (QED) is 0.636. The molecule has 1 unspecified atom stereocenters. The number of aliphatic hydroxyl groups is 1. The molecule has 0 amide bonds. The molecule has 0 aromatic heterocycles. The van der Waals surface area contributed by atoms with Crippen molar-refractivity contribution in [2.75, 3.05) is 6.61 Å². The van der Waals surface area contributed by atoms with Gasteiger partial charge in [0.1, 0.15) is 0 Å². The summed E-state index contributed by atoms with van der Waals surface area (Å²) in [6.07, 6.45) is -12.0. The molecule has 1 N–H and O–H groups in total. The van der Waals surface area contributed by atoms with Crippen molar-refractivity contribution in [1.82, 2.24) is 0 Å². The predicted octanol–water partition coefficient (Wildman–Crippen LogP) is 2.43. The molecule has 0 rings (SSSR count). The molecule has 0 spiro atoms. The van der Waals surface area contributed by atoms with E-state index in [2.05, 4.69) is 4.74 Å². The van der Waals surface area contributed by atoms with E-state index >= 15 is 0 Å². The van der Waals surface area contributed by atoms with E-state index in [4.69, 9.17) is 5.11 Å². The number of halogens is 6. The molecule has 1 atom stereocenters. The fourth-order valence-electron chi connectivity index (χ4n) is 0.832. The molecule has 0 heterocycles. The molecule has 0 aromatic carbocycles. The lowest BCUT2D eigenvalue weighted by molar-refractivity contribution is -0.357. The molecular formula is C9H12F6O3. The average Bonchev–Trinajstić information content (AvgIpc) is 2.20. The Balaban J connectivity index is 5.08. The van der Waals surface area contributed by atoms with Crippen molar-refractivity contribution in [2.24, 2.45) is 5.92 Å². The minimum absolute atomic E-state index is 0.393. The maximum atomic E-state index is 12.2. The molecule has 0 aliphatic rings. The molecular weight excluding hydrogens is 270 g/mol. The number of rotatable bonds is 4. The molecule has 0 aromatic rings. The maximum Gasteiger partial charge on any atom is 0.437 e. The Kier molecular flexibility index (Phi) is 5.04. The second kappa shape index (κ2) is 5.33. The van der Waals surface area contributed by atoms with Gasteiger partial charge in [0.05, 0.1) is 6.61 Å². The minimum Gasteiger partial charge on any atom is -0.463 e. The first-order valence-corrected chi connectivity index (χ1v) is 4.91. The summed E-state index contributed by atoms with van der Waals surface area (Å²) < 4.78 is 77.0. The highest BCUT2D eigenvalue weighted by Crippen LogP contribution is 2.43. The predicted molar refractivity (Wildman–Crippen MR) is 47.5 cm³/mol. The lowest BCUT2D eigenvalue weighted by Gasteiger charge is -2.30. The smallest absolute Gasteiger partial charge is 0.437 e. The Morgan fingerprint density at radius 3 is 1.83 bits per heavy atom. The number of ether oxygens (including phenoxy) is 1. The van der Waals surface area contributed by atoms with E-state index in [1.807, 2.05) is 0 Å². The van der Waals surface area contributed by atoms with E-state index in [1.54, 1.807) is 6.92 Å². The fraction of sp³-hybridized carbons (Fsp3) is 0.889. The first kappa shape index (κ1) is 17.0. The molecule has 0 aliphatic heterocycles. The third kappa shape index (κ3) is 3.27. The van der Waals surface area contributed by atoms with Crippen molar-refractivity contribution in [1.29, 1.82) is 0 Å². The minimum atomic E-state index is -6.20. The van der Waals surface area contributed by atoms with Gasteiger partial charge in [-0.05, 0) is 5.92 Å². The van der Waals surface area contributed by atoms with Crippen LogP contribution in [0.15, 0.2) is 0 Å². The van der Waals surface area contributed by atoms with Crippen LogP contribution in [0.5, 0.6) is 0 Å². The van der Waals surface area contributed by atoms with Crippen molar-refractivity contribution in [3.05, 3.63) is 0 Å². The van der Waals surface area contributed by atoms with Crippen LogP contribution in [0.3, 0.4) is 0 Å². The topological polar surface area (TPSA) is 46.5 Å². The molecule has 3 nitrogen and oxygen atoms in total. The van der Waals surface area contributed by atoms with Gasteiger partial charge in [0.25, 0.3) is 0 Å². The van der Waals surface area contributed by atoms with Gasteiger partial charge in [-0.15, -0.1) is 0 Å². The Bertz CT molecular complexity index is 282. The van der Waals surface area contributed by atoms with E-state index in [9.17, 15) is 31.1 Å². The lowest BCUT2D eigenvalue weighted by atomic mass is 10.0. The van der Waals surface area contributed by atoms with Gasteiger partial charge in [-0.2, -0.15) is 26.3 Å². The average molecular weight is 282 g/mol. The van der Waals surface area contributed by atoms with E-state index in [-0.39, 0.29) is 0 Å². The van der Waals surface area contributed by atoms with Crippen molar-refractivity contribution >= 4 is 5.97 Å². The standard InChI is InChI=1S/C9H12F6O3/c1-3-5(2)4-18-6(16)7(17,8(10,11)12)9(13,14)15/h5,17H,3-4H2,1-2H3. The highest BCUT2D eigenvalue weighted by atomic mass is 19.4. The normalized spacial score (nSPS) is 15.4. The molecule has 18 heavy (non-hydrogen) atoms. The number of hydrogen-bond donors (Lipinski definition) is 1. The van der Waals surface area contributed by atoms with Gasteiger partial charge < -0.3 is 9.84 Å². The van der Waals surface area contributed by atoms with Crippen molar-refractivity contribution in [3.63, 3.8) is 0 Å². The molecule has 0 saturated carbocycles. The second-order valence-corrected chi connectivity index (χ2v) is 3.82. The van der Waals surface area contributed by atoms with Gasteiger partial charge >= 0.3 is 23.9 Å². The van der Waals surface area contributed by atoms with E-state index < -0.39 is 36.4 Å². The van der Waals surface area contributed by atoms with Crippen LogP contribution >= 0.6 is 0 Å². The van der Waals surface area contributed by atoms with E-state index in [0.717, 1.165) is 0 Å². The van der Waals surface area contributed by atoms with Gasteiger partial charge in [-0.3, -0.25) is 0 Å². The SMILES string of the molecule is CCC(C)COC(=O)C(O)(C(F)(F)F)C(F)(F)F. The number of esters is 1. The Hall–Kier alpha value is -0.990. The molecule has 0 radical (unpaired) electrons. The Morgan fingerprint density at radius 1 is 1.17 bits per heavy atom. The van der Waals surface area contributed by atoms with Crippen LogP contribution in [0.25, 0.3) is 0 Å². The summed E-state index contributed by atoms with van der Waals surface area (Å²) in [5.74, 6) is -3.18. The highest BCUT2D eigenvalue weighted by Gasteiger charge is 2.76. The van der Waals surface area contributed by atoms with Crippen LogP contribution in [0.1, 0.15) is 20.3 Å². The zero-order valence-corrected chi connectivity index (χ0v) is 9.52. The first-order chi connectivity index (χ1) is 7.88. The Morgan fingerprint density at radius 2 is 1.56 bits per heavy atom. The number of carbonyl (C=O) groups excluding carboxylic acids is 1. The summed E-state index contributed by atoms with van der Waals surface area (Å²) in [5.41, 5.74) is -5.49. The summed E-state index contributed by atoms with van der Waals surface area (Å²) in [6.45, 7) is 2.44. The number of hydrogen-bond acceptors (Lipinski definition) is 3. The summed E-state index contributed by atoms with van der Waals surface area (Å²) in [6, 6.07) is 0. The molecule has 0 aliphatic carbocycles. The van der Waals surface area contributed by atoms with Crippen LogP contribution in [0, 0.1) is 5.92 Å². The molecule has 108 valence electrons. The molecule has 9 heteroatoms. The zero-order valence-electron chi connectivity index (χ0n) is 9.52. The van der Waals surface area contributed by atoms with Crippen LogP contribution in [0.4, 0.5) is 26.3 Å². The molecule has 0 bridgehead atoms. The van der Waals surface area contributed by atoms with E-state index in [1.165, 1.54) is 6.92 Å². The third-order valence-corrected chi connectivity index (χ3v) is 2.31. The summed E-state index contributed by atoms with van der Waals surface area (Å²) in [7, 11) is 0.